The fraction of sp³-hybridized carbons (Fsp3) is 1.00. The Labute approximate surface area is 179 Å². The van der Waals surface area contributed by atoms with Gasteiger partial charge in [0, 0.05) is 11.8 Å². The Hall–Kier alpha value is -0.0800. The predicted octanol–water partition coefficient (Wildman–Crippen LogP) is 6.60. The quantitative estimate of drug-likeness (QED) is 0.525. The number of rotatable bonds is 5. The van der Waals surface area contributed by atoms with Crippen molar-refractivity contribution in [2.45, 2.75) is 123 Å². The highest BCUT2D eigenvalue weighted by Crippen LogP contribution is 2.74. The van der Waals surface area contributed by atoms with Gasteiger partial charge in [-0.05, 0) is 85.9 Å². The second-order valence-corrected chi connectivity index (χ2v) is 13.0. The van der Waals surface area contributed by atoms with Crippen molar-refractivity contribution in [2.24, 2.45) is 46.3 Å². The number of hydrogen-bond donors (Lipinski definition) is 1. The smallest absolute Gasteiger partial charge is 0.103 e. The molecule has 5 fully saturated rings. The monoisotopic (exact) mass is 402 g/mol. The van der Waals surface area contributed by atoms with Gasteiger partial charge in [-0.15, -0.1) is 0 Å². The molecule has 166 valence electrons. The zero-order valence-electron chi connectivity index (χ0n) is 19.8. The molecule has 1 N–H and O–H groups in total. The van der Waals surface area contributed by atoms with Crippen molar-refractivity contribution in [3.63, 3.8) is 0 Å². The molecule has 2 nitrogen and oxygen atoms in total. The molecule has 10 atom stereocenters. The van der Waals surface area contributed by atoms with Gasteiger partial charge in [0.15, 0.2) is 0 Å². The first-order valence-electron chi connectivity index (χ1n) is 13.1. The van der Waals surface area contributed by atoms with Crippen LogP contribution in [0.5, 0.6) is 0 Å². The van der Waals surface area contributed by atoms with Crippen molar-refractivity contribution in [2.75, 3.05) is 0 Å². The molecule has 0 aromatic rings. The van der Waals surface area contributed by atoms with Crippen molar-refractivity contribution in [3.8, 4) is 0 Å². The summed E-state index contributed by atoms with van der Waals surface area (Å²) < 4.78 is 6.51. The molecule has 29 heavy (non-hydrogen) atoms. The van der Waals surface area contributed by atoms with E-state index in [2.05, 4.69) is 34.6 Å². The number of aliphatic hydroxyl groups is 1. The summed E-state index contributed by atoms with van der Waals surface area (Å²) in [6, 6.07) is 0. The maximum atomic E-state index is 10.4. The first-order chi connectivity index (χ1) is 13.7. The van der Waals surface area contributed by atoms with Crippen LogP contribution in [-0.4, -0.2) is 22.9 Å². The lowest BCUT2D eigenvalue weighted by Crippen LogP contribution is -2.58. The summed E-state index contributed by atoms with van der Waals surface area (Å²) in [4.78, 5) is 0. The van der Waals surface area contributed by atoms with Crippen LogP contribution in [0.1, 0.15) is 105 Å². The van der Waals surface area contributed by atoms with E-state index in [1.54, 1.807) is 0 Å². The van der Waals surface area contributed by atoms with Crippen LogP contribution in [0.3, 0.4) is 0 Å². The van der Waals surface area contributed by atoms with Crippen LogP contribution < -0.4 is 0 Å². The highest BCUT2D eigenvalue weighted by Gasteiger charge is 2.76. The number of aliphatic hydroxyl groups excluding tert-OH is 1. The third-order valence-electron chi connectivity index (χ3n) is 11.3. The average molecular weight is 403 g/mol. The van der Waals surface area contributed by atoms with Crippen LogP contribution in [0.2, 0.25) is 0 Å². The van der Waals surface area contributed by atoms with Crippen LogP contribution >= 0.6 is 0 Å². The minimum atomic E-state index is -0.124. The van der Waals surface area contributed by atoms with Gasteiger partial charge in [0.25, 0.3) is 0 Å². The average Bonchev–Trinajstić information content (AvgIpc) is 3.22. The largest absolute Gasteiger partial charge is 0.393 e. The molecule has 2 heteroatoms. The molecular weight excluding hydrogens is 356 g/mol. The molecule has 1 aliphatic heterocycles. The van der Waals surface area contributed by atoms with Gasteiger partial charge in [0.1, 0.15) is 5.60 Å². The number of hydrogen-bond acceptors (Lipinski definition) is 2. The Balaban J connectivity index is 1.33. The molecule has 1 spiro atoms. The summed E-state index contributed by atoms with van der Waals surface area (Å²) in [7, 11) is 0. The second kappa shape index (κ2) is 6.96. The van der Waals surface area contributed by atoms with E-state index in [9.17, 15) is 5.11 Å². The van der Waals surface area contributed by atoms with Gasteiger partial charge in [0.05, 0.1) is 12.2 Å². The number of fused-ring (bicyclic) bond motifs is 4. The molecule has 5 rings (SSSR count). The Kier molecular flexibility index (Phi) is 4.99. The summed E-state index contributed by atoms with van der Waals surface area (Å²) >= 11 is 0. The van der Waals surface area contributed by atoms with Crippen molar-refractivity contribution in [1.29, 1.82) is 0 Å². The molecule has 1 saturated heterocycles. The molecule has 4 saturated carbocycles. The van der Waals surface area contributed by atoms with E-state index in [1.807, 2.05) is 0 Å². The molecule has 5 aliphatic rings. The zero-order chi connectivity index (χ0) is 20.6. The Bertz CT molecular complexity index is 630. The third-order valence-corrected chi connectivity index (χ3v) is 11.3. The van der Waals surface area contributed by atoms with E-state index in [-0.39, 0.29) is 11.7 Å². The first-order valence-corrected chi connectivity index (χ1v) is 13.1. The highest BCUT2D eigenvalue weighted by atomic mass is 16.6. The predicted molar refractivity (Wildman–Crippen MR) is 119 cm³/mol. The van der Waals surface area contributed by atoms with Crippen molar-refractivity contribution in [1.82, 2.24) is 0 Å². The number of epoxide rings is 1. The van der Waals surface area contributed by atoms with Crippen molar-refractivity contribution >= 4 is 0 Å². The van der Waals surface area contributed by atoms with E-state index >= 15 is 0 Å². The molecule has 0 amide bonds. The summed E-state index contributed by atoms with van der Waals surface area (Å²) in [5.74, 6) is 5.31. The lowest BCUT2D eigenvalue weighted by Gasteiger charge is -2.59. The van der Waals surface area contributed by atoms with Gasteiger partial charge in [0.2, 0.25) is 0 Å². The van der Waals surface area contributed by atoms with Gasteiger partial charge in [-0.3, -0.25) is 0 Å². The molecule has 0 aromatic heterocycles. The van der Waals surface area contributed by atoms with E-state index in [0.29, 0.717) is 16.9 Å². The SMILES string of the molecule is CC(C)CCCC(C)[C@@H]1CCC2C3C[C@@H]4O[C@@]45C[C@H](O)CC[C@@]5(C)C3CC[C@]21C. The van der Waals surface area contributed by atoms with E-state index in [1.165, 1.54) is 57.8 Å². The molecule has 0 radical (unpaired) electrons. The van der Waals surface area contributed by atoms with Crippen LogP contribution in [0.4, 0.5) is 0 Å². The Morgan fingerprint density at radius 3 is 2.52 bits per heavy atom. The lowest BCUT2D eigenvalue weighted by atomic mass is 9.44. The number of ether oxygens (including phenoxy) is 1. The van der Waals surface area contributed by atoms with Gasteiger partial charge >= 0.3 is 0 Å². The Morgan fingerprint density at radius 2 is 1.76 bits per heavy atom. The third kappa shape index (κ3) is 2.94. The van der Waals surface area contributed by atoms with Gasteiger partial charge < -0.3 is 9.84 Å². The molecular formula is C27H46O2. The van der Waals surface area contributed by atoms with Gasteiger partial charge in [-0.2, -0.15) is 0 Å². The van der Waals surface area contributed by atoms with E-state index < -0.39 is 0 Å². The molecule has 0 bridgehead atoms. The summed E-state index contributed by atoms with van der Waals surface area (Å²) in [6.07, 6.45) is 14.8. The van der Waals surface area contributed by atoms with Gasteiger partial charge in [-0.25, -0.2) is 0 Å². The van der Waals surface area contributed by atoms with Crippen molar-refractivity contribution in [3.05, 3.63) is 0 Å². The van der Waals surface area contributed by atoms with Crippen LogP contribution in [0.15, 0.2) is 0 Å². The Morgan fingerprint density at radius 1 is 0.966 bits per heavy atom. The second-order valence-electron chi connectivity index (χ2n) is 13.0. The fourth-order valence-corrected chi connectivity index (χ4v) is 9.68. The van der Waals surface area contributed by atoms with Crippen LogP contribution in [0.25, 0.3) is 0 Å². The summed E-state index contributed by atoms with van der Waals surface area (Å²) in [5, 5.41) is 10.4. The molecule has 4 unspecified atom stereocenters. The maximum absolute atomic E-state index is 10.4. The fourth-order valence-electron chi connectivity index (χ4n) is 9.68. The molecule has 4 aliphatic carbocycles. The van der Waals surface area contributed by atoms with Crippen LogP contribution in [0, 0.1) is 46.3 Å². The normalized spacial score (nSPS) is 54.3. The minimum Gasteiger partial charge on any atom is -0.393 e. The van der Waals surface area contributed by atoms with Crippen molar-refractivity contribution < 1.29 is 9.84 Å². The summed E-state index contributed by atoms with van der Waals surface area (Å²) in [5.41, 5.74) is 0.932. The molecule has 0 aromatic carbocycles. The zero-order valence-corrected chi connectivity index (χ0v) is 19.8. The lowest BCUT2D eigenvalue weighted by molar-refractivity contribution is -0.116. The highest BCUT2D eigenvalue weighted by molar-refractivity contribution is 5.24. The van der Waals surface area contributed by atoms with Crippen LogP contribution in [-0.2, 0) is 4.74 Å². The maximum Gasteiger partial charge on any atom is 0.103 e. The minimum absolute atomic E-state index is 0.0434. The summed E-state index contributed by atoms with van der Waals surface area (Å²) in [6.45, 7) is 12.6. The first kappa shape index (κ1) is 20.8. The van der Waals surface area contributed by atoms with Gasteiger partial charge in [-0.1, -0.05) is 53.9 Å². The topological polar surface area (TPSA) is 32.8 Å². The van der Waals surface area contributed by atoms with E-state index in [0.717, 1.165) is 48.3 Å². The van der Waals surface area contributed by atoms with E-state index in [4.69, 9.17) is 4.74 Å². The molecule has 1 heterocycles. The standard InChI is InChI=1S/C27H46O2/c1-17(2)7-6-8-18(3)21-9-10-22-20-15-24-27(29-24)16-19(28)11-14-26(27,5)23(20)12-13-25(21,22)4/h17-24,28H,6-16H2,1-5H3/t18?,19-,20?,21+,22?,23?,24+,25+,26+,27+/m1/s1.